The number of nitrogens with zero attached hydrogens (tertiary/aromatic N) is 2. The molecule has 5 aromatic rings. The number of benzene rings is 2. The second-order valence-corrected chi connectivity index (χ2v) is 8.65. The molecular weight excluding hydrogens is 469 g/mol. The van der Waals surface area contributed by atoms with Crippen LogP contribution in [-0.4, -0.2) is 37.8 Å². The number of fused-ring (bicyclic) bond motifs is 1. The Kier molecular flexibility index (Phi) is 6.07. The highest BCUT2D eigenvalue weighted by Crippen LogP contribution is 2.30. The van der Waals surface area contributed by atoms with Crippen LogP contribution in [0.1, 0.15) is 27.7 Å². The maximum Gasteiger partial charge on any atom is 0.268 e. The van der Waals surface area contributed by atoms with Crippen molar-refractivity contribution in [3.8, 4) is 22.4 Å². The van der Waals surface area contributed by atoms with Crippen molar-refractivity contribution in [1.29, 1.82) is 0 Å². The third-order valence-corrected chi connectivity index (χ3v) is 6.09. The van der Waals surface area contributed by atoms with Crippen molar-refractivity contribution in [3.63, 3.8) is 0 Å². The fourth-order valence-corrected chi connectivity index (χ4v) is 4.16. The molecule has 0 unspecified atom stereocenters. The number of aryl methyl sites for hydroxylation is 1. The van der Waals surface area contributed by atoms with Gasteiger partial charge >= 0.3 is 0 Å². The molecule has 0 radical (unpaired) electrons. The average molecular weight is 490 g/mol. The van der Waals surface area contributed by atoms with E-state index in [0.29, 0.717) is 22.5 Å². The number of nitrogens with one attached hydrogen (secondary N) is 3. The van der Waals surface area contributed by atoms with Gasteiger partial charge in [-0.25, -0.2) is 9.37 Å². The third kappa shape index (κ3) is 4.53. The smallest absolute Gasteiger partial charge is 0.268 e. The van der Waals surface area contributed by atoms with Crippen molar-refractivity contribution < 1.29 is 14.3 Å². The summed E-state index contributed by atoms with van der Waals surface area (Å²) in [7, 11) is 0. The largest absolute Gasteiger partial charge is 0.394 e. The summed E-state index contributed by atoms with van der Waals surface area (Å²) >= 11 is 5.84. The first-order chi connectivity index (χ1) is 16.9. The minimum atomic E-state index is -0.750. The van der Waals surface area contributed by atoms with Gasteiger partial charge in [-0.15, -0.1) is 0 Å². The van der Waals surface area contributed by atoms with Gasteiger partial charge in [0.25, 0.3) is 5.91 Å². The number of hydrogen-bond donors (Lipinski definition) is 4. The van der Waals surface area contributed by atoms with Gasteiger partial charge in [-0.1, -0.05) is 47.5 Å². The van der Waals surface area contributed by atoms with Gasteiger partial charge in [0, 0.05) is 28.9 Å². The van der Waals surface area contributed by atoms with Crippen LogP contribution in [0.25, 0.3) is 33.4 Å². The molecule has 0 aliphatic rings. The molecule has 0 bridgehead atoms. The first kappa shape index (κ1) is 22.8. The van der Waals surface area contributed by atoms with Crippen LogP contribution in [0.2, 0.25) is 5.02 Å². The Morgan fingerprint density at radius 2 is 2.00 bits per heavy atom. The summed E-state index contributed by atoms with van der Waals surface area (Å²) < 4.78 is 13.5. The number of hydrogen-bond acceptors (Lipinski definition) is 4. The monoisotopic (exact) mass is 489 g/mol. The van der Waals surface area contributed by atoms with Crippen molar-refractivity contribution in [2.24, 2.45) is 0 Å². The van der Waals surface area contributed by atoms with E-state index in [4.69, 9.17) is 11.6 Å². The Labute approximate surface area is 205 Å². The van der Waals surface area contributed by atoms with Crippen molar-refractivity contribution in [2.45, 2.75) is 13.0 Å². The van der Waals surface area contributed by atoms with Crippen LogP contribution in [0.5, 0.6) is 0 Å². The van der Waals surface area contributed by atoms with Gasteiger partial charge in [-0.3, -0.25) is 9.89 Å². The molecule has 7 nitrogen and oxygen atoms in total. The normalized spacial score (nSPS) is 12.1. The summed E-state index contributed by atoms with van der Waals surface area (Å²) in [6.07, 6.45) is 3.48. The van der Waals surface area contributed by atoms with E-state index in [2.05, 4.69) is 31.5 Å². The highest BCUT2D eigenvalue weighted by atomic mass is 35.5. The van der Waals surface area contributed by atoms with Crippen LogP contribution in [0.3, 0.4) is 0 Å². The van der Waals surface area contributed by atoms with Crippen LogP contribution < -0.4 is 5.32 Å². The Bertz CT molecular complexity index is 1540. The molecule has 5 rings (SSSR count). The van der Waals surface area contributed by atoms with E-state index in [0.717, 1.165) is 22.1 Å². The van der Waals surface area contributed by atoms with E-state index in [1.807, 2.05) is 31.2 Å². The van der Waals surface area contributed by atoms with Crippen molar-refractivity contribution in [3.05, 3.63) is 94.7 Å². The zero-order chi connectivity index (χ0) is 24.5. The molecule has 3 aromatic heterocycles. The molecule has 4 N–H and O–H groups in total. The Hall–Kier alpha value is -4.01. The summed E-state index contributed by atoms with van der Waals surface area (Å²) in [4.78, 5) is 20.3. The van der Waals surface area contributed by atoms with Crippen LogP contribution in [-0.2, 0) is 0 Å². The zero-order valence-corrected chi connectivity index (χ0v) is 19.4. The van der Waals surface area contributed by atoms with Crippen molar-refractivity contribution in [2.75, 3.05) is 6.61 Å². The molecule has 0 spiro atoms. The molecule has 0 aliphatic carbocycles. The van der Waals surface area contributed by atoms with Crippen LogP contribution in [0.15, 0.2) is 67.0 Å². The van der Waals surface area contributed by atoms with Crippen LogP contribution in [0.4, 0.5) is 4.39 Å². The predicted molar refractivity (Wildman–Crippen MR) is 133 cm³/mol. The predicted octanol–water partition coefficient (Wildman–Crippen LogP) is 5.18. The molecule has 176 valence electrons. The number of amides is 1. The summed E-state index contributed by atoms with van der Waals surface area (Å²) in [6, 6.07) is 15.1. The number of carbonyl (C=O) groups excluding carboxylic acids is 1. The molecule has 2 aromatic carbocycles. The fraction of sp³-hybridized carbons (Fsp3) is 0.115. The minimum absolute atomic E-state index is 0.0820. The topological polar surface area (TPSA) is 107 Å². The highest BCUT2D eigenvalue weighted by Gasteiger charge is 2.19. The third-order valence-electron chi connectivity index (χ3n) is 5.80. The van der Waals surface area contributed by atoms with Crippen LogP contribution in [0, 0.1) is 12.7 Å². The standard InChI is InChI=1S/C26H21ClFN5O2/c1-14-3-2-4-15(7-14)17-8-19-24(32-33-25(19)30-11-17)18-10-22(29-12-18)26(35)31-23(13-34)16-5-6-21(28)20(27)9-16/h2-12,23,29,34H,13H2,1H3,(H,31,35)(H,30,32,33)/t23-/m1/s1. The van der Waals surface area contributed by atoms with Gasteiger partial charge in [0.15, 0.2) is 5.65 Å². The summed E-state index contributed by atoms with van der Waals surface area (Å²) in [5.41, 5.74) is 5.93. The van der Waals surface area contributed by atoms with E-state index in [1.165, 1.54) is 18.2 Å². The maximum absolute atomic E-state index is 13.5. The SMILES string of the molecule is Cc1cccc(-c2cnc3[nH]nc(-c4c[nH]c(C(=O)N[C@H](CO)c5ccc(F)c(Cl)c5)c4)c3c2)c1. The molecule has 1 amide bonds. The number of aromatic nitrogens is 4. The van der Waals surface area contributed by atoms with E-state index in [-0.39, 0.29) is 17.3 Å². The highest BCUT2D eigenvalue weighted by molar-refractivity contribution is 6.30. The fourth-order valence-electron chi connectivity index (χ4n) is 3.97. The lowest BCUT2D eigenvalue weighted by atomic mass is 10.0. The maximum atomic E-state index is 13.5. The number of aliphatic hydroxyl groups excluding tert-OH is 1. The van der Waals surface area contributed by atoms with Crippen molar-refractivity contribution in [1.82, 2.24) is 25.5 Å². The molecule has 1 atom stereocenters. The molecule has 35 heavy (non-hydrogen) atoms. The quantitative estimate of drug-likeness (QED) is 0.263. The lowest BCUT2D eigenvalue weighted by Crippen LogP contribution is -2.31. The van der Waals surface area contributed by atoms with Gasteiger partial charge < -0.3 is 15.4 Å². The Morgan fingerprint density at radius 3 is 2.77 bits per heavy atom. The lowest BCUT2D eigenvalue weighted by molar-refractivity contribution is 0.0911. The van der Waals surface area contributed by atoms with Gasteiger partial charge in [-0.05, 0) is 42.3 Å². The summed E-state index contributed by atoms with van der Waals surface area (Å²) in [5.74, 6) is -1.01. The number of aliphatic hydroxyl groups is 1. The second kappa shape index (κ2) is 9.32. The zero-order valence-electron chi connectivity index (χ0n) is 18.6. The first-order valence-electron chi connectivity index (χ1n) is 10.9. The van der Waals surface area contributed by atoms with E-state index in [9.17, 15) is 14.3 Å². The molecule has 0 saturated carbocycles. The van der Waals surface area contributed by atoms with E-state index < -0.39 is 17.8 Å². The van der Waals surface area contributed by atoms with Crippen LogP contribution >= 0.6 is 11.6 Å². The molecule has 0 fully saturated rings. The molecule has 9 heteroatoms. The van der Waals surface area contributed by atoms with E-state index in [1.54, 1.807) is 18.5 Å². The number of carbonyl (C=O) groups is 1. The number of rotatable bonds is 6. The number of aromatic amines is 2. The van der Waals surface area contributed by atoms with Crippen molar-refractivity contribution >= 4 is 28.5 Å². The molecule has 0 aliphatic heterocycles. The first-order valence-corrected chi connectivity index (χ1v) is 11.3. The minimum Gasteiger partial charge on any atom is -0.394 e. The second-order valence-electron chi connectivity index (χ2n) is 8.25. The van der Waals surface area contributed by atoms with E-state index >= 15 is 0 Å². The lowest BCUT2D eigenvalue weighted by Gasteiger charge is -2.16. The molecule has 0 saturated heterocycles. The van der Waals surface area contributed by atoms with Gasteiger partial charge in [0.2, 0.25) is 0 Å². The van der Waals surface area contributed by atoms with Gasteiger partial charge in [0.1, 0.15) is 17.2 Å². The Balaban J connectivity index is 1.41. The Morgan fingerprint density at radius 1 is 1.14 bits per heavy atom. The summed E-state index contributed by atoms with van der Waals surface area (Å²) in [6.45, 7) is 1.66. The number of H-pyrrole nitrogens is 2. The molecular formula is C26H21ClFN5O2. The van der Waals surface area contributed by atoms with Gasteiger partial charge in [0.05, 0.1) is 17.7 Å². The molecule has 3 heterocycles. The number of halogens is 2. The summed E-state index contributed by atoms with van der Waals surface area (Å²) in [5, 5.41) is 20.6. The average Bonchev–Trinajstić information content (AvgIpc) is 3.51. The van der Waals surface area contributed by atoms with Gasteiger partial charge in [-0.2, -0.15) is 5.10 Å². The number of pyridine rings is 1.